The summed E-state index contributed by atoms with van der Waals surface area (Å²) in [6.07, 6.45) is 0. The highest BCUT2D eigenvalue weighted by Crippen LogP contribution is 2.43. The summed E-state index contributed by atoms with van der Waals surface area (Å²) in [6, 6.07) is 10.8. The van der Waals surface area contributed by atoms with Gasteiger partial charge in [0.05, 0.1) is 27.8 Å². The van der Waals surface area contributed by atoms with Gasteiger partial charge in [-0.3, -0.25) is 14.5 Å². The fourth-order valence-electron chi connectivity index (χ4n) is 3.91. The molecule has 0 saturated carbocycles. The first-order chi connectivity index (χ1) is 17.4. The lowest BCUT2D eigenvalue weighted by atomic mass is 10.0. The summed E-state index contributed by atoms with van der Waals surface area (Å²) in [5.74, 6) is -0.866. The van der Waals surface area contributed by atoms with Crippen LogP contribution in [0, 0.1) is 11.3 Å². The Balaban J connectivity index is 1.83. The topological polar surface area (TPSA) is 122 Å². The Morgan fingerprint density at radius 1 is 1.14 bits per heavy atom. The number of halogens is 1. The van der Waals surface area contributed by atoms with Gasteiger partial charge in [-0.25, -0.2) is 4.98 Å². The van der Waals surface area contributed by atoms with Crippen LogP contribution in [-0.4, -0.2) is 46.4 Å². The molecule has 11 heteroatoms. The number of thiazole rings is 1. The van der Waals surface area contributed by atoms with Gasteiger partial charge in [0, 0.05) is 25.2 Å². The third-order valence-corrected chi connectivity index (χ3v) is 7.67. The Bertz CT molecular complexity index is 1410. The minimum absolute atomic E-state index is 0.0609. The van der Waals surface area contributed by atoms with E-state index < -0.39 is 11.8 Å². The SMILES string of the molecule is CCN1C(=O)c2cc(C#N)c(/N=N/c3sc(N(CC)CC)nc3-c3ccc(CO)cc3)c(Br)c2C1=O. The molecular weight excluding hydrogens is 544 g/mol. The maximum Gasteiger partial charge on any atom is 0.262 e. The van der Waals surface area contributed by atoms with Gasteiger partial charge in [0.1, 0.15) is 17.5 Å². The Hall–Kier alpha value is -3.46. The summed E-state index contributed by atoms with van der Waals surface area (Å²) in [7, 11) is 0. The van der Waals surface area contributed by atoms with E-state index in [0.29, 0.717) is 10.7 Å². The molecule has 0 aliphatic carbocycles. The first-order valence-electron chi connectivity index (χ1n) is 11.4. The quantitative estimate of drug-likeness (QED) is 0.271. The van der Waals surface area contributed by atoms with Crippen molar-refractivity contribution in [3.05, 3.63) is 57.1 Å². The van der Waals surface area contributed by atoms with Gasteiger partial charge in [0.25, 0.3) is 11.8 Å². The highest BCUT2D eigenvalue weighted by Gasteiger charge is 2.38. The first-order valence-corrected chi connectivity index (χ1v) is 13.0. The number of aliphatic hydroxyl groups is 1. The van der Waals surface area contributed by atoms with Crippen molar-refractivity contribution in [1.29, 1.82) is 5.26 Å². The number of carbonyl (C=O) groups is 2. The molecule has 0 spiro atoms. The molecule has 184 valence electrons. The number of amides is 2. The number of nitrogens with zero attached hydrogens (tertiary/aromatic N) is 6. The van der Waals surface area contributed by atoms with Crippen molar-refractivity contribution >= 4 is 54.9 Å². The van der Waals surface area contributed by atoms with Crippen LogP contribution in [0.3, 0.4) is 0 Å². The molecule has 1 aliphatic rings. The Labute approximate surface area is 220 Å². The van der Waals surface area contributed by atoms with Crippen LogP contribution in [0.25, 0.3) is 11.3 Å². The number of nitriles is 1. The summed E-state index contributed by atoms with van der Waals surface area (Å²) in [6.45, 7) is 7.50. The molecule has 0 radical (unpaired) electrons. The fourth-order valence-corrected chi connectivity index (χ4v) is 5.63. The van der Waals surface area contributed by atoms with Crippen LogP contribution in [0.15, 0.2) is 45.0 Å². The van der Waals surface area contributed by atoms with E-state index in [-0.39, 0.29) is 40.0 Å². The van der Waals surface area contributed by atoms with E-state index in [4.69, 9.17) is 4.98 Å². The van der Waals surface area contributed by atoms with E-state index in [0.717, 1.165) is 34.2 Å². The summed E-state index contributed by atoms with van der Waals surface area (Å²) in [4.78, 5) is 33.5. The average Bonchev–Trinajstić information content (AvgIpc) is 3.42. The molecule has 1 N–H and O–H groups in total. The zero-order chi connectivity index (χ0) is 26.0. The predicted molar refractivity (Wildman–Crippen MR) is 141 cm³/mol. The molecule has 1 aromatic heterocycles. The largest absolute Gasteiger partial charge is 0.392 e. The molecule has 2 amide bonds. The molecule has 0 bridgehead atoms. The molecule has 0 saturated heterocycles. The molecule has 2 heterocycles. The molecule has 0 atom stereocenters. The number of benzene rings is 2. The van der Waals surface area contributed by atoms with Gasteiger partial charge in [-0.2, -0.15) is 5.26 Å². The Morgan fingerprint density at radius 2 is 1.83 bits per heavy atom. The minimum Gasteiger partial charge on any atom is -0.392 e. The van der Waals surface area contributed by atoms with Gasteiger partial charge in [-0.05, 0) is 48.3 Å². The number of anilines is 1. The van der Waals surface area contributed by atoms with E-state index in [2.05, 4.69) is 37.1 Å². The van der Waals surface area contributed by atoms with Crippen molar-refractivity contribution in [2.45, 2.75) is 27.4 Å². The van der Waals surface area contributed by atoms with Crippen LogP contribution < -0.4 is 4.90 Å². The highest BCUT2D eigenvalue weighted by molar-refractivity contribution is 9.10. The molecule has 0 unspecified atom stereocenters. The van der Waals surface area contributed by atoms with E-state index in [9.17, 15) is 20.0 Å². The fraction of sp³-hybridized carbons (Fsp3) is 0.280. The number of aliphatic hydroxyl groups excluding tert-OH is 1. The zero-order valence-electron chi connectivity index (χ0n) is 19.9. The summed E-state index contributed by atoms with van der Waals surface area (Å²) < 4.78 is 0.261. The van der Waals surface area contributed by atoms with E-state index in [1.54, 1.807) is 6.92 Å². The van der Waals surface area contributed by atoms with E-state index in [1.807, 2.05) is 38.1 Å². The lowest BCUT2D eigenvalue weighted by Gasteiger charge is -2.16. The molecule has 0 fully saturated rings. The van der Waals surface area contributed by atoms with Crippen LogP contribution in [0.5, 0.6) is 0 Å². The monoisotopic (exact) mass is 566 g/mol. The van der Waals surface area contributed by atoms with Gasteiger partial charge in [-0.1, -0.05) is 35.6 Å². The highest BCUT2D eigenvalue weighted by atomic mass is 79.9. The Kier molecular flexibility index (Phi) is 7.59. The zero-order valence-corrected chi connectivity index (χ0v) is 22.4. The lowest BCUT2D eigenvalue weighted by Crippen LogP contribution is -2.29. The predicted octanol–water partition coefficient (Wildman–Crippen LogP) is 5.81. The van der Waals surface area contributed by atoms with Crippen molar-refractivity contribution < 1.29 is 14.7 Å². The molecule has 2 aromatic carbocycles. The number of carbonyl (C=O) groups excluding carboxylic acids is 2. The summed E-state index contributed by atoms with van der Waals surface area (Å²) in [5.41, 5.74) is 2.87. The molecule has 36 heavy (non-hydrogen) atoms. The van der Waals surface area contributed by atoms with Gasteiger partial charge in [0.2, 0.25) is 0 Å². The van der Waals surface area contributed by atoms with Crippen LogP contribution in [-0.2, 0) is 6.61 Å². The number of hydrogen-bond acceptors (Lipinski definition) is 9. The average molecular weight is 567 g/mol. The number of azo groups is 1. The number of rotatable bonds is 8. The first kappa shape index (κ1) is 25.6. The van der Waals surface area contributed by atoms with E-state index in [1.165, 1.54) is 17.4 Å². The molecule has 3 aromatic rings. The Morgan fingerprint density at radius 3 is 2.42 bits per heavy atom. The van der Waals surface area contributed by atoms with E-state index >= 15 is 0 Å². The standard InChI is InChI=1S/C25H23BrN6O3S/c1-4-31(5-2)25-28-21(15-9-7-14(13-33)8-10-15)22(36-25)30-29-20-16(12-27)11-17-18(19(20)26)24(35)32(6-3)23(17)34/h7-11,33H,4-6,13H2,1-3H3/b30-29+. The molecule has 4 rings (SSSR count). The third-order valence-electron chi connectivity index (χ3n) is 5.89. The second kappa shape index (κ2) is 10.7. The lowest BCUT2D eigenvalue weighted by molar-refractivity contribution is 0.0662. The van der Waals surface area contributed by atoms with Crippen molar-refractivity contribution in [2.24, 2.45) is 10.2 Å². The van der Waals surface area contributed by atoms with Gasteiger partial charge < -0.3 is 10.0 Å². The van der Waals surface area contributed by atoms with Crippen molar-refractivity contribution in [3.8, 4) is 17.3 Å². The minimum atomic E-state index is -0.434. The van der Waals surface area contributed by atoms with Gasteiger partial charge >= 0.3 is 0 Å². The summed E-state index contributed by atoms with van der Waals surface area (Å²) >= 11 is 4.77. The van der Waals surface area contributed by atoms with Crippen molar-refractivity contribution in [3.63, 3.8) is 0 Å². The van der Waals surface area contributed by atoms with Crippen molar-refractivity contribution in [2.75, 3.05) is 24.5 Å². The smallest absolute Gasteiger partial charge is 0.262 e. The number of imide groups is 1. The van der Waals surface area contributed by atoms with Crippen LogP contribution >= 0.6 is 27.3 Å². The maximum atomic E-state index is 12.8. The summed E-state index contributed by atoms with van der Waals surface area (Å²) in [5, 5.41) is 29.3. The molecule has 1 aliphatic heterocycles. The number of fused-ring (bicyclic) bond motifs is 1. The van der Waals surface area contributed by atoms with Gasteiger partial charge in [-0.15, -0.1) is 10.2 Å². The number of aromatic nitrogens is 1. The third kappa shape index (κ3) is 4.43. The number of hydrogen-bond donors (Lipinski definition) is 1. The molecular formula is C25H23BrN6O3S. The van der Waals surface area contributed by atoms with Crippen LogP contribution in [0.1, 0.15) is 52.6 Å². The van der Waals surface area contributed by atoms with Crippen LogP contribution in [0.2, 0.25) is 0 Å². The second-order valence-electron chi connectivity index (χ2n) is 7.85. The normalized spacial score (nSPS) is 12.9. The second-order valence-corrected chi connectivity index (χ2v) is 9.60. The maximum absolute atomic E-state index is 12.8. The van der Waals surface area contributed by atoms with Crippen molar-refractivity contribution in [1.82, 2.24) is 9.88 Å². The molecule has 9 nitrogen and oxygen atoms in total. The van der Waals surface area contributed by atoms with Crippen LogP contribution in [0.4, 0.5) is 15.8 Å². The van der Waals surface area contributed by atoms with Gasteiger partial charge in [0.15, 0.2) is 10.1 Å².